The van der Waals surface area contributed by atoms with Gasteiger partial charge in [0.2, 0.25) is 0 Å². The number of imidazole rings is 1. The molecule has 140 valence electrons. The zero-order chi connectivity index (χ0) is 17.9. The second-order valence-electron chi connectivity index (χ2n) is 7.16. The van der Waals surface area contributed by atoms with Crippen molar-refractivity contribution in [2.45, 2.75) is 38.8 Å². The highest BCUT2D eigenvalue weighted by Crippen LogP contribution is 2.32. The number of hydrogen-bond donors (Lipinski definition) is 1. The third-order valence-corrected chi connectivity index (χ3v) is 5.38. The monoisotopic (exact) mass is 357 g/mol. The molecular formula is C20H27N3O3. The molecular weight excluding hydrogens is 330 g/mol. The third-order valence-electron chi connectivity index (χ3n) is 5.38. The molecule has 0 spiro atoms. The van der Waals surface area contributed by atoms with Gasteiger partial charge in [-0.05, 0) is 50.6 Å². The lowest BCUT2D eigenvalue weighted by Crippen LogP contribution is -2.33. The molecule has 1 saturated heterocycles. The summed E-state index contributed by atoms with van der Waals surface area (Å²) in [6.45, 7) is 7.17. The second-order valence-corrected chi connectivity index (χ2v) is 7.16. The molecule has 1 aromatic carbocycles. The van der Waals surface area contributed by atoms with Gasteiger partial charge >= 0.3 is 0 Å². The predicted molar refractivity (Wildman–Crippen MR) is 98.7 cm³/mol. The minimum absolute atomic E-state index is 0.160. The highest BCUT2D eigenvalue weighted by atomic mass is 16.6. The summed E-state index contributed by atoms with van der Waals surface area (Å²) in [6, 6.07) is 6.26. The van der Waals surface area contributed by atoms with Crippen LogP contribution in [0.2, 0.25) is 0 Å². The number of aryl methyl sites for hydroxylation is 1. The Bertz CT molecular complexity index is 751. The molecule has 26 heavy (non-hydrogen) atoms. The van der Waals surface area contributed by atoms with E-state index in [1.165, 1.54) is 5.56 Å². The number of ether oxygens (including phenoxy) is 2. The molecule has 0 amide bonds. The van der Waals surface area contributed by atoms with Crippen LogP contribution in [0.4, 0.5) is 0 Å². The number of piperidine rings is 1. The molecule has 2 aliphatic rings. The first kappa shape index (κ1) is 17.4. The van der Waals surface area contributed by atoms with Crippen LogP contribution < -0.4 is 9.47 Å². The van der Waals surface area contributed by atoms with Gasteiger partial charge in [-0.1, -0.05) is 6.07 Å². The SMILES string of the molecule is Cc1cnc(C2CCN(Cc3ccc4c(c3)OCCO4)CC2)n1CCO. The molecule has 6 heteroatoms. The number of aromatic nitrogens is 2. The number of rotatable bonds is 5. The van der Waals surface area contributed by atoms with Gasteiger partial charge in [-0.3, -0.25) is 4.90 Å². The van der Waals surface area contributed by atoms with Crippen LogP contribution in [-0.2, 0) is 13.1 Å². The summed E-state index contributed by atoms with van der Waals surface area (Å²) in [5.41, 5.74) is 2.40. The van der Waals surface area contributed by atoms with Crippen molar-refractivity contribution in [1.82, 2.24) is 14.5 Å². The molecule has 1 N–H and O–H groups in total. The molecule has 0 bridgehead atoms. The number of likely N-dealkylation sites (tertiary alicyclic amines) is 1. The molecule has 3 heterocycles. The van der Waals surface area contributed by atoms with Crippen LogP contribution >= 0.6 is 0 Å². The van der Waals surface area contributed by atoms with Crippen molar-refractivity contribution in [3.63, 3.8) is 0 Å². The van der Waals surface area contributed by atoms with Gasteiger partial charge in [-0.2, -0.15) is 0 Å². The van der Waals surface area contributed by atoms with E-state index in [0.29, 0.717) is 25.7 Å². The van der Waals surface area contributed by atoms with Crippen LogP contribution in [-0.4, -0.2) is 52.5 Å². The Morgan fingerprint density at radius 2 is 1.92 bits per heavy atom. The lowest BCUT2D eigenvalue weighted by molar-refractivity contribution is 0.170. The maximum absolute atomic E-state index is 9.30. The van der Waals surface area contributed by atoms with Gasteiger partial charge < -0.3 is 19.1 Å². The Balaban J connectivity index is 1.37. The van der Waals surface area contributed by atoms with Crippen molar-refractivity contribution < 1.29 is 14.6 Å². The van der Waals surface area contributed by atoms with Gasteiger partial charge in [0, 0.05) is 30.9 Å². The van der Waals surface area contributed by atoms with Crippen LogP contribution in [0, 0.1) is 6.92 Å². The summed E-state index contributed by atoms with van der Waals surface area (Å²) < 4.78 is 13.5. The molecule has 1 aromatic heterocycles. The van der Waals surface area contributed by atoms with Gasteiger partial charge in [0.05, 0.1) is 6.61 Å². The van der Waals surface area contributed by atoms with Crippen LogP contribution in [0.5, 0.6) is 11.5 Å². The van der Waals surface area contributed by atoms with Crippen LogP contribution in [0.15, 0.2) is 24.4 Å². The van der Waals surface area contributed by atoms with Crippen molar-refractivity contribution in [3.8, 4) is 11.5 Å². The minimum atomic E-state index is 0.160. The minimum Gasteiger partial charge on any atom is -0.486 e. The van der Waals surface area contributed by atoms with E-state index in [2.05, 4.69) is 33.5 Å². The smallest absolute Gasteiger partial charge is 0.161 e. The summed E-state index contributed by atoms with van der Waals surface area (Å²) in [7, 11) is 0. The highest BCUT2D eigenvalue weighted by molar-refractivity contribution is 5.43. The van der Waals surface area contributed by atoms with Crippen LogP contribution in [0.25, 0.3) is 0 Å². The van der Waals surface area contributed by atoms with Crippen molar-refractivity contribution in [2.75, 3.05) is 32.9 Å². The van der Waals surface area contributed by atoms with E-state index in [9.17, 15) is 5.11 Å². The summed E-state index contributed by atoms with van der Waals surface area (Å²) in [5.74, 6) is 3.33. The fourth-order valence-corrected chi connectivity index (χ4v) is 3.99. The molecule has 2 aliphatic heterocycles. The predicted octanol–water partition coefficient (Wildman–Crippen LogP) is 2.33. The third kappa shape index (κ3) is 3.57. The van der Waals surface area contributed by atoms with Crippen molar-refractivity contribution in [2.24, 2.45) is 0 Å². The van der Waals surface area contributed by atoms with E-state index in [4.69, 9.17) is 9.47 Å². The number of aliphatic hydroxyl groups excluding tert-OH is 1. The Morgan fingerprint density at radius 3 is 2.69 bits per heavy atom. The Hall–Kier alpha value is -2.05. The van der Waals surface area contributed by atoms with Crippen molar-refractivity contribution in [1.29, 1.82) is 0 Å². The van der Waals surface area contributed by atoms with E-state index in [-0.39, 0.29) is 6.61 Å². The first-order valence-electron chi connectivity index (χ1n) is 9.48. The molecule has 0 aliphatic carbocycles. The standard InChI is InChI=1S/C20H27N3O3/c1-15-13-21-20(23(15)8-9-24)17-4-6-22(7-5-17)14-16-2-3-18-19(12-16)26-11-10-25-18/h2-3,12-13,17,24H,4-11,14H2,1H3. The molecule has 1 fully saturated rings. The van der Waals surface area contributed by atoms with Crippen molar-refractivity contribution >= 4 is 0 Å². The largest absolute Gasteiger partial charge is 0.486 e. The first-order valence-corrected chi connectivity index (χ1v) is 9.48. The quantitative estimate of drug-likeness (QED) is 0.890. The van der Waals surface area contributed by atoms with E-state index in [1.807, 2.05) is 12.3 Å². The van der Waals surface area contributed by atoms with E-state index in [0.717, 1.165) is 55.5 Å². The Labute approximate surface area is 154 Å². The zero-order valence-electron chi connectivity index (χ0n) is 15.4. The first-order chi connectivity index (χ1) is 12.7. The summed E-state index contributed by atoms with van der Waals surface area (Å²) in [6.07, 6.45) is 4.13. The molecule has 2 aromatic rings. The summed E-state index contributed by atoms with van der Waals surface area (Å²) in [5, 5.41) is 9.30. The zero-order valence-corrected chi connectivity index (χ0v) is 15.4. The van der Waals surface area contributed by atoms with Crippen LogP contribution in [0.3, 0.4) is 0 Å². The molecule has 0 saturated carbocycles. The second kappa shape index (κ2) is 7.68. The van der Waals surface area contributed by atoms with Gasteiger partial charge in [0.15, 0.2) is 11.5 Å². The van der Waals surface area contributed by atoms with Crippen LogP contribution in [0.1, 0.15) is 35.8 Å². The lowest BCUT2D eigenvalue weighted by Gasteiger charge is -2.32. The maximum Gasteiger partial charge on any atom is 0.161 e. The van der Waals surface area contributed by atoms with E-state index in [1.54, 1.807) is 0 Å². The maximum atomic E-state index is 9.30. The van der Waals surface area contributed by atoms with Gasteiger partial charge in [-0.15, -0.1) is 0 Å². The average Bonchev–Trinajstić information content (AvgIpc) is 3.03. The number of hydrogen-bond acceptors (Lipinski definition) is 5. The highest BCUT2D eigenvalue weighted by Gasteiger charge is 2.25. The lowest BCUT2D eigenvalue weighted by atomic mass is 9.95. The average molecular weight is 357 g/mol. The Morgan fingerprint density at radius 1 is 1.15 bits per heavy atom. The number of fused-ring (bicyclic) bond motifs is 1. The van der Waals surface area contributed by atoms with Gasteiger partial charge in [0.1, 0.15) is 19.0 Å². The normalized spacial score (nSPS) is 18.2. The summed E-state index contributed by atoms with van der Waals surface area (Å²) in [4.78, 5) is 7.11. The number of nitrogens with zero attached hydrogens (tertiary/aromatic N) is 3. The van der Waals surface area contributed by atoms with E-state index < -0.39 is 0 Å². The molecule has 0 unspecified atom stereocenters. The van der Waals surface area contributed by atoms with Crippen molar-refractivity contribution in [3.05, 3.63) is 41.5 Å². The van der Waals surface area contributed by atoms with Gasteiger partial charge in [-0.25, -0.2) is 4.98 Å². The molecule has 6 nitrogen and oxygen atoms in total. The topological polar surface area (TPSA) is 59.8 Å². The molecule has 0 radical (unpaired) electrons. The molecule has 0 atom stereocenters. The van der Waals surface area contributed by atoms with Gasteiger partial charge in [0.25, 0.3) is 0 Å². The fourth-order valence-electron chi connectivity index (χ4n) is 3.99. The number of benzene rings is 1. The number of aliphatic hydroxyl groups is 1. The fraction of sp³-hybridized carbons (Fsp3) is 0.550. The van der Waals surface area contributed by atoms with E-state index >= 15 is 0 Å². The Kier molecular flexibility index (Phi) is 5.13. The summed E-state index contributed by atoms with van der Waals surface area (Å²) >= 11 is 0. The molecule has 4 rings (SSSR count).